The minimum Gasteiger partial charge on any atom is -0.352 e. The zero-order valence-corrected chi connectivity index (χ0v) is 14.6. The molecular weight excluding hydrogens is 320 g/mol. The van der Waals surface area contributed by atoms with E-state index in [4.69, 9.17) is 0 Å². The third kappa shape index (κ3) is 3.29. The predicted molar refractivity (Wildman–Crippen MR) is 94.4 cm³/mol. The molecule has 0 atom stereocenters. The fraction of sp³-hybridized carbons (Fsp3) is 0.625. The van der Waals surface area contributed by atoms with Crippen molar-refractivity contribution in [1.82, 2.24) is 34.9 Å². The molecule has 2 aromatic heterocycles. The molecule has 134 valence electrons. The SMILES string of the molecule is Cn1ncc2c(N3CCN(C(=O)CN4CCNCC4)CC3)ncnc21. The predicted octanol–water partition coefficient (Wildman–Crippen LogP) is -1.08. The lowest BCUT2D eigenvalue weighted by Crippen LogP contribution is -2.53. The van der Waals surface area contributed by atoms with Gasteiger partial charge in [0.2, 0.25) is 5.91 Å². The van der Waals surface area contributed by atoms with E-state index < -0.39 is 0 Å². The van der Waals surface area contributed by atoms with Crippen LogP contribution in [0.15, 0.2) is 12.5 Å². The van der Waals surface area contributed by atoms with Crippen LogP contribution in [0.1, 0.15) is 0 Å². The van der Waals surface area contributed by atoms with Crippen molar-refractivity contribution in [3.8, 4) is 0 Å². The topological polar surface area (TPSA) is 82.4 Å². The number of amides is 1. The minimum atomic E-state index is 0.232. The summed E-state index contributed by atoms with van der Waals surface area (Å²) in [6.07, 6.45) is 3.40. The largest absolute Gasteiger partial charge is 0.352 e. The molecule has 0 aliphatic carbocycles. The molecule has 1 N–H and O–H groups in total. The molecule has 2 aliphatic heterocycles. The Kier molecular flexibility index (Phi) is 4.50. The van der Waals surface area contributed by atoms with Crippen LogP contribution < -0.4 is 10.2 Å². The standard InChI is InChI=1S/C16H24N8O/c1-21-15-13(10-20-21)16(19-12-18-15)24-8-6-23(7-9-24)14(25)11-22-4-2-17-3-5-22/h10,12,17H,2-9,11H2,1H3. The molecular formula is C16H24N8O. The average molecular weight is 344 g/mol. The molecule has 4 rings (SSSR count). The van der Waals surface area contributed by atoms with Gasteiger partial charge in [-0.15, -0.1) is 0 Å². The Labute approximate surface area is 146 Å². The fourth-order valence-electron chi connectivity index (χ4n) is 3.53. The maximum absolute atomic E-state index is 12.5. The van der Waals surface area contributed by atoms with E-state index in [0.29, 0.717) is 6.54 Å². The molecule has 0 bridgehead atoms. The van der Waals surface area contributed by atoms with Crippen LogP contribution in [0.3, 0.4) is 0 Å². The van der Waals surface area contributed by atoms with Crippen molar-refractivity contribution in [2.45, 2.75) is 0 Å². The molecule has 25 heavy (non-hydrogen) atoms. The van der Waals surface area contributed by atoms with Crippen molar-refractivity contribution in [1.29, 1.82) is 0 Å². The number of nitrogens with one attached hydrogen (secondary N) is 1. The molecule has 2 aromatic rings. The Hall–Kier alpha value is -2.26. The monoisotopic (exact) mass is 344 g/mol. The molecule has 1 amide bonds. The Balaban J connectivity index is 1.38. The number of carbonyl (C=O) groups excluding carboxylic acids is 1. The second kappa shape index (κ2) is 6.93. The number of nitrogens with zero attached hydrogens (tertiary/aromatic N) is 7. The van der Waals surface area contributed by atoms with Crippen LogP contribution in [0.25, 0.3) is 11.0 Å². The van der Waals surface area contributed by atoms with E-state index in [0.717, 1.165) is 69.2 Å². The van der Waals surface area contributed by atoms with Crippen molar-refractivity contribution in [3.05, 3.63) is 12.5 Å². The summed E-state index contributed by atoms with van der Waals surface area (Å²) in [7, 11) is 1.88. The van der Waals surface area contributed by atoms with Gasteiger partial charge in [-0.05, 0) is 0 Å². The third-order valence-corrected chi connectivity index (χ3v) is 5.01. The first-order valence-electron chi connectivity index (χ1n) is 8.81. The van der Waals surface area contributed by atoms with Crippen molar-refractivity contribution in [3.63, 3.8) is 0 Å². The normalized spacial score (nSPS) is 19.6. The summed E-state index contributed by atoms with van der Waals surface area (Å²) >= 11 is 0. The third-order valence-electron chi connectivity index (χ3n) is 5.01. The van der Waals surface area contributed by atoms with E-state index in [1.54, 1.807) is 11.0 Å². The Morgan fingerprint density at radius 3 is 2.64 bits per heavy atom. The zero-order chi connectivity index (χ0) is 17.2. The quantitative estimate of drug-likeness (QED) is 0.758. The highest BCUT2D eigenvalue weighted by Crippen LogP contribution is 2.23. The van der Waals surface area contributed by atoms with E-state index in [2.05, 4.69) is 30.2 Å². The van der Waals surface area contributed by atoms with Gasteiger partial charge >= 0.3 is 0 Å². The van der Waals surface area contributed by atoms with Gasteiger partial charge in [0.05, 0.1) is 18.1 Å². The van der Waals surface area contributed by atoms with Gasteiger partial charge in [0.25, 0.3) is 0 Å². The second-order valence-electron chi connectivity index (χ2n) is 6.60. The van der Waals surface area contributed by atoms with Gasteiger partial charge < -0.3 is 15.1 Å². The molecule has 0 saturated carbocycles. The van der Waals surface area contributed by atoms with Gasteiger partial charge in [-0.25, -0.2) is 9.97 Å². The van der Waals surface area contributed by atoms with Crippen molar-refractivity contribution >= 4 is 22.8 Å². The van der Waals surface area contributed by atoms with Crippen molar-refractivity contribution < 1.29 is 4.79 Å². The van der Waals surface area contributed by atoms with Crippen molar-refractivity contribution in [2.24, 2.45) is 7.05 Å². The molecule has 2 fully saturated rings. The molecule has 0 radical (unpaired) electrons. The van der Waals surface area contributed by atoms with Crippen LogP contribution in [0.5, 0.6) is 0 Å². The summed E-state index contributed by atoms with van der Waals surface area (Å²) in [6.45, 7) is 7.40. The number of fused-ring (bicyclic) bond motifs is 1. The van der Waals surface area contributed by atoms with Crippen LogP contribution in [0.2, 0.25) is 0 Å². The lowest BCUT2D eigenvalue weighted by Gasteiger charge is -2.37. The Morgan fingerprint density at radius 2 is 1.88 bits per heavy atom. The summed E-state index contributed by atoms with van der Waals surface area (Å²) in [5, 5.41) is 8.55. The van der Waals surface area contributed by atoms with Gasteiger partial charge in [0.1, 0.15) is 12.1 Å². The van der Waals surface area contributed by atoms with Crippen LogP contribution in [0.4, 0.5) is 5.82 Å². The van der Waals surface area contributed by atoms with E-state index in [1.165, 1.54) is 0 Å². The number of aryl methyl sites for hydroxylation is 1. The van der Waals surface area contributed by atoms with Gasteiger partial charge in [-0.3, -0.25) is 14.4 Å². The molecule has 4 heterocycles. The maximum atomic E-state index is 12.5. The minimum absolute atomic E-state index is 0.232. The second-order valence-corrected chi connectivity index (χ2v) is 6.60. The molecule has 0 aromatic carbocycles. The Bertz CT molecular complexity index is 746. The first kappa shape index (κ1) is 16.2. The van der Waals surface area contributed by atoms with Gasteiger partial charge in [0, 0.05) is 59.4 Å². The van der Waals surface area contributed by atoms with E-state index >= 15 is 0 Å². The highest BCUT2D eigenvalue weighted by atomic mass is 16.2. The van der Waals surface area contributed by atoms with Crippen LogP contribution >= 0.6 is 0 Å². The van der Waals surface area contributed by atoms with Crippen LogP contribution in [-0.4, -0.2) is 94.4 Å². The first-order valence-corrected chi connectivity index (χ1v) is 8.81. The summed E-state index contributed by atoms with van der Waals surface area (Å²) in [5.41, 5.74) is 0.835. The highest BCUT2D eigenvalue weighted by molar-refractivity contribution is 5.86. The molecule has 2 saturated heterocycles. The first-order chi connectivity index (χ1) is 12.2. The molecule has 9 nitrogen and oxygen atoms in total. The maximum Gasteiger partial charge on any atom is 0.236 e. The lowest BCUT2D eigenvalue weighted by atomic mass is 10.2. The fourth-order valence-corrected chi connectivity index (χ4v) is 3.53. The van der Waals surface area contributed by atoms with Crippen LogP contribution in [-0.2, 0) is 11.8 Å². The van der Waals surface area contributed by atoms with E-state index in [9.17, 15) is 4.79 Å². The smallest absolute Gasteiger partial charge is 0.236 e. The number of rotatable bonds is 3. The van der Waals surface area contributed by atoms with Gasteiger partial charge in [0.15, 0.2) is 5.65 Å². The van der Waals surface area contributed by atoms with Crippen LogP contribution in [0, 0.1) is 0 Å². The average Bonchev–Trinajstić information content (AvgIpc) is 3.04. The summed E-state index contributed by atoms with van der Waals surface area (Å²) in [4.78, 5) is 27.7. The van der Waals surface area contributed by atoms with Gasteiger partial charge in [-0.1, -0.05) is 0 Å². The summed E-state index contributed by atoms with van der Waals surface area (Å²) < 4.78 is 1.76. The number of piperazine rings is 2. The number of carbonyl (C=O) groups is 1. The molecule has 9 heteroatoms. The number of anilines is 1. The highest BCUT2D eigenvalue weighted by Gasteiger charge is 2.25. The Morgan fingerprint density at radius 1 is 1.12 bits per heavy atom. The number of hydrogen-bond acceptors (Lipinski definition) is 7. The van der Waals surface area contributed by atoms with Crippen molar-refractivity contribution in [2.75, 3.05) is 63.8 Å². The molecule has 0 spiro atoms. The zero-order valence-electron chi connectivity index (χ0n) is 14.6. The molecule has 2 aliphatic rings. The summed E-state index contributed by atoms with van der Waals surface area (Å²) in [6, 6.07) is 0. The van der Waals surface area contributed by atoms with Gasteiger partial charge in [-0.2, -0.15) is 5.10 Å². The summed E-state index contributed by atoms with van der Waals surface area (Å²) in [5.74, 6) is 1.14. The van der Waals surface area contributed by atoms with E-state index in [-0.39, 0.29) is 5.91 Å². The molecule has 0 unspecified atom stereocenters. The number of aromatic nitrogens is 4. The number of hydrogen-bond donors (Lipinski definition) is 1. The van der Waals surface area contributed by atoms with E-state index in [1.807, 2.05) is 18.1 Å². The lowest BCUT2D eigenvalue weighted by molar-refractivity contribution is -0.132.